The van der Waals surface area contributed by atoms with Gasteiger partial charge in [-0.15, -0.1) is 0 Å². The molecule has 0 unspecified atom stereocenters. The summed E-state index contributed by atoms with van der Waals surface area (Å²) in [7, 11) is 0. The van der Waals surface area contributed by atoms with Crippen molar-refractivity contribution in [2.24, 2.45) is 0 Å². The highest BCUT2D eigenvalue weighted by Gasteiger charge is 2.11. The predicted octanol–water partition coefficient (Wildman–Crippen LogP) is 4.82. The van der Waals surface area contributed by atoms with Crippen LogP contribution < -0.4 is 10.1 Å². The number of ether oxygens (including phenoxy) is 1. The molecule has 3 nitrogen and oxygen atoms in total. The number of nitrogens with one attached hydrogen (secondary N) is 1. The summed E-state index contributed by atoms with van der Waals surface area (Å²) in [5.41, 5.74) is 1.97. The maximum absolute atomic E-state index is 10.2. The lowest BCUT2D eigenvalue weighted by atomic mass is 10.1. The lowest BCUT2D eigenvalue weighted by molar-refractivity contribution is 0.174. The van der Waals surface area contributed by atoms with Crippen molar-refractivity contribution in [3.63, 3.8) is 0 Å². The Morgan fingerprint density at radius 1 is 1.17 bits per heavy atom. The lowest BCUT2D eigenvalue weighted by Gasteiger charge is -2.16. The fourth-order valence-corrected chi connectivity index (χ4v) is 3.68. The van der Waals surface area contributed by atoms with Gasteiger partial charge in [-0.3, -0.25) is 0 Å². The third kappa shape index (κ3) is 5.60. The molecule has 0 aliphatic rings. The summed E-state index contributed by atoms with van der Waals surface area (Å²) in [4.78, 5) is 0. The van der Waals surface area contributed by atoms with Crippen molar-refractivity contribution in [3.05, 3.63) is 62.5 Å². The molecule has 0 bridgehead atoms. The normalized spacial score (nSPS) is 12.2. The van der Waals surface area contributed by atoms with E-state index in [4.69, 9.17) is 4.74 Å². The van der Waals surface area contributed by atoms with Crippen LogP contribution in [0.1, 0.15) is 30.6 Å². The van der Waals surface area contributed by atoms with E-state index in [-0.39, 0.29) is 0 Å². The van der Waals surface area contributed by atoms with Gasteiger partial charge in [0.15, 0.2) is 0 Å². The summed E-state index contributed by atoms with van der Waals surface area (Å²) in [5, 5.41) is 13.5. The van der Waals surface area contributed by atoms with Crippen LogP contribution in [0, 0.1) is 0 Å². The Balaban J connectivity index is 1.99. The van der Waals surface area contributed by atoms with Crippen LogP contribution in [-0.4, -0.2) is 18.3 Å². The van der Waals surface area contributed by atoms with E-state index in [2.05, 4.69) is 44.1 Å². The second-order valence-electron chi connectivity index (χ2n) is 5.28. The van der Waals surface area contributed by atoms with Gasteiger partial charge in [0.2, 0.25) is 0 Å². The highest BCUT2D eigenvalue weighted by atomic mass is 79.9. The van der Waals surface area contributed by atoms with Crippen LogP contribution in [0.5, 0.6) is 5.75 Å². The highest BCUT2D eigenvalue weighted by molar-refractivity contribution is 9.11. The molecule has 2 N–H and O–H groups in total. The van der Waals surface area contributed by atoms with Gasteiger partial charge >= 0.3 is 0 Å². The van der Waals surface area contributed by atoms with Crippen LogP contribution in [0.25, 0.3) is 0 Å². The van der Waals surface area contributed by atoms with Crippen LogP contribution in [-0.2, 0) is 6.54 Å². The molecule has 2 rings (SSSR count). The Labute approximate surface area is 154 Å². The monoisotopic (exact) mass is 441 g/mol. The zero-order valence-corrected chi connectivity index (χ0v) is 16.2. The van der Waals surface area contributed by atoms with Gasteiger partial charge in [-0.2, -0.15) is 0 Å². The molecule has 1 atom stereocenters. The number of hydrogen-bond acceptors (Lipinski definition) is 3. The molecule has 124 valence electrons. The first-order valence-corrected chi connectivity index (χ1v) is 9.25. The number of benzene rings is 2. The minimum atomic E-state index is -0.521. The van der Waals surface area contributed by atoms with E-state index < -0.39 is 6.10 Å². The van der Waals surface area contributed by atoms with Crippen LogP contribution in [0.2, 0.25) is 0 Å². The van der Waals surface area contributed by atoms with E-state index in [0.29, 0.717) is 19.7 Å². The Kier molecular flexibility index (Phi) is 7.56. The molecule has 0 saturated carbocycles. The van der Waals surface area contributed by atoms with E-state index in [1.165, 1.54) is 0 Å². The van der Waals surface area contributed by atoms with Crippen LogP contribution in [0.3, 0.4) is 0 Å². The molecule has 0 aliphatic carbocycles. The summed E-state index contributed by atoms with van der Waals surface area (Å²) in [6.45, 7) is 3.88. The van der Waals surface area contributed by atoms with E-state index >= 15 is 0 Å². The Morgan fingerprint density at radius 3 is 2.61 bits per heavy atom. The van der Waals surface area contributed by atoms with Gasteiger partial charge in [0.05, 0.1) is 17.2 Å². The molecule has 0 heterocycles. The fraction of sp³-hybridized carbons (Fsp3) is 0.333. The second-order valence-corrected chi connectivity index (χ2v) is 7.05. The fourth-order valence-electron chi connectivity index (χ4n) is 2.25. The second kappa shape index (κ2) is 9.42. The van der Waals surface area contributed by atoms with Crippen molar-refractivity contribution >= 4 is 31.9 Å². The molecule has 23 heavy (non-hydrogen) atoms. The average Bonchev–Trinajstić information content (AvgIpc) is 2.54. The number of rotatable bonds is 8. The zero-order valence-electron chi connectivity index (χ0n) is 13.1. The van der Waals surface area contributed by atoms with Crippen LogP contribution in [0.4, 0.5) is 0 Å². The maximum atomic E-state index is 10.2. The highest BCUT2D eigenvalue weighted by Crippen LogP contribution is 2.33. The van der Waals surface area contributed by atoms with E-state index in [0.717, 1.165) is 32.2 Å². The maximum Gasteiger partial charge on any atom is 0.138 e. The molecule has 0 amide bonds. The average molecular weight is 443 g/mol. The molecule has 0 spiro atoms. The molecule has 0 aliphatic heterocycles. The van der Waals surface area contributed by atoms with Gasteiger partial charge in [-0.05, 0) is 40.0 Å². The van der Waals surface area contributed by atoms with Crippen molar-refractivity contribution in [1.82, 2.24) is 5.32 Å². The third-order valence-electron chi connectivity index (χ3n) is 3.37. The first-order chi connectivity index (χ1) is 11.1. The first kappa shape index (κ1) is 18.5. The van der Waals surface area contributed by atoms with Crippen molar-refractivity contribution in [1.29, 1.82) is 0 Å². The van der Waals surface area contributed by atoms with Gasteiger partial charge in [0.25, 0.3) is 0 Å². The molecule has 2 aromatic rings. The molecule has 5 heteroatoms. The van der Waals surface area contributed by atoms with Gasteiger partial charge < -0.3 is 15.2 Å². The van der Waals surface area contributed by atoms with Gasteiger partial charge in [-0.25, -0.2) is 0 Å². The number of aliphatic hydroxyl groups is 1. The Morgan fingerprint density at radius 2 is 1.91 bits per heavy atom. The first-order valence-electron chi connectivity index (χ1n) is 7.66. The SMILES string of the molecule is CCCOc1c(Br)cc(Br)cc1CNC[C@@H](O)c1ccccc1. The standard InChI is InChI=1S/C18H21Br2NO2/c1-2-8-23-18-14(9-15(19)10-16(18)20)11-21-12-17(22)13-6-4-3-5-7-13/h3-7,9-10,17,21-22H,2,8,11-12H2,1H3/t17-/m1/s1. The summed E-state index contributed by atoms with van der Waals surface area (Å²) >= 11 is 7.06. The molecule has 0 fully saturated rings. The Bertz CT molecular complexity index is 620. The summed E-state index contributed by atoms with van der Waals surface area (Å²) in [6.07, 6.45) is 0.439. The summed E-state index contributed by atoms with van der Waals surface area (Å²) < 4.78 is 7.77. The van der Waals surface area contributed by atoms with Crippen molar-refractivity contribution < 1.29 is 9.84 Å². The number of aliphatic hydroxyl groups excluding tert-OH is 1. The minimum Gasteiger partial charge on any atom is -0.492 e. The minimum absolute atomic E-state index is 0.487. The number of hydrogen-bond donors (Lipinski definition) is 2. The van der Waals surface area contributed by atoms with Crippen molar-refractivity contribution in [3.8, 4) is 5.75 Å². The largest absolute Gasteiger partial charge is 0.492 e. The molecule has 0 saturated heterocycles. The van der Waals surface area contributed by atoms with Gasteiger partial charge in [0.1, 0.15) is 5.75 Å². The van der Waals surface area contributed by atoms with Crippen molar-refractivity contribution in [2.75, 3.05) is 13.2 Å². The third-order valence-corrected chi connectivity index (χ3v) is 4.42. The summed E-state index contributed by atoms with van der Waals surface area (Å²) in [6, 6.07) is 13.7. The topological polar surface area (TPSA) is 41.5 Å². The quantitative estimate of drug-likeness (QED) is 0.615. The van der Waals surface area contributed by atoms with E-state index in [1.807, 2.05) is 42.5 Å². The Hall–Kier alpha value is -0.880. The predicted molar refractivity (Wildman–Crippen MR) is 101 cm³/mol. The van der Waals surface area contributed by atoms with E-state index in [1.54, 1.807) is 0 Å². The number of halogens is 2. The molecule has 0 aromatic heterocycles. The smallest absolute Gasteiger partial charge is 0.138 e. The van der Waals surface area contributed by atoms with E-state index in [9.17, 15) is 5.11 Å². The van der Waals surface area contributed by atoms with Gasteiger partial charge in [0, 0.05) is 23.1 Å². The van der Waals surface area contributed by atoms with Crippen LogP contribution in [0.15, 0.2) is 51.4 Å². The zero-order chi connectivity index (χ0) is 16.7. The molecule has 0 radical (unpaired) electrons. The summed E-state index contributed by atoms with van der Waals surface area (Å²) in [5.74, 6) is 0.858. The molecular formula is C18H21Br2NO2. The van der Waals surface area contributed by atoms with Crippen molar-refractivity contribution in [2.45, 2.75) is 26.0 Å². The lowest BCUT2D eigenvalue weighted by Crippen LogP contribution is -2.21. The molecular weight excluding hydrogens is 422 g/mol. The molecule has 2 aromatic carbocycles. The van der Waals surface area contributed by atoms with Gasteiger partial charge in [-0.1, -0.05) is 53.2 Å². The van der Waals surface area contributed by atoms with Crippen LogP contribution >= 0.6 is 31.9 Å².